The predicted octanol–water partition coefficient (Wildman–Crippen LogP) is 2.14. The third kappa shape index (κ3) is 6.15. The molecular formula is C24H23N3O7S. The largest absolute Gasteiger partial charge is 0.495 e. The van der Waals surface area contributed by atoms with E-state index in [0.717, 1.165) is 4.31 Å². The van der Waals surface area contributed by atoms with Gasteiger partial charge in [0.05, 0.1) is 23.3 Å². The first-order valence-electron chi connectivity index (χ1n) is 10.3. The minimum absolute atomic E-state index is 0.0463. The number of nitrogens with zero attached hydrogens (tertiary/aromatic N) is 1. The van der Waals surface area contributed by atoms with Crippen molar-refractivity contribution >= 4 is 33.5 Å². The summed E-state index contributed by atoms with van der Waals surface area (Å²) in [5.74, 6) is -1.73. The molecule has 35 heavy (non-hydrogen) atoms. The van der Waals surface area contributed by atoms with Crippen molar-refractivity contribution in [1.82, 2.24) is 10.9 Å². The van der Waals surface area contributed by atoms with Crippen LogP contribution in [-0.4, -0.2) is 47.0 Å². The highest BCUT2D eigenvalue weighted by Crippen LogP contribution is 2.30. The van der Waals surface area contributed by atoms with Crippen LogP contribution in [0.1, 0.15) is 20.7 Å². The maximum absolute atomic E-state index is 13.0. The second-order valence-electron chi connectivity index (χ2n) is 7.11. The molecule has 0 heterocycles. The lowest BCUT2D eigenvalue weighted by atomic mass is 10.2. The lowest BCUT2D eigenvalue weighted by Crippen LogP contribution is -2.43. The number of sulfonamides is 1. The Hall–Kier alpha value is -4.38. The van der Waals surface area contributed by atoms with Gasteiger partial charge in [-0.25, -0.2) is 13.2 Å². The number of esters is 1. The number of hydrogen-bond donors (Lipinski definition) is 2. The molecule has 0 saturated heterocycles. The molecule has 0 bridgehead atoms. The van der Waals surface area contributed by atoms with Crippen LogP contribution in [0.5, 0.6) is 5.75 Å². The van der Waals surface area contributed by atoms with E-state index in [0.29, 0.717) is 17.0 Å². The third-order valence-corrected chi connectivity index (χ3v) is 6.64. The van der Waals surface area contributed by atoms with Crippen LogP contribution in [0.25, 0.3) is 0 Å². The van der Waals surface area contributed by atoms with E-state index in [1.54, 1.807) is 54.6 Å². The molecule has 10 nitrogen and oxygen atoms in total. The Morgan fingerprint density at radius 2 is 1.46 bits per heavy atom. The minimum atomic E-state index is -3.93. The van der Waals surface area contributed by atoms with Crippen LogP contribution in [0.3, 0.4) is 0 Å². The predicted molar refractivity (Wildman–Crippen MR) is 127 cm³/mol. The Bertz CT molecular complexity index is 1310. The van der Waals surface area contributed by atoms with Crippen molar-refractivity contribution in [3.8, 4) is 5.75 Å². The maximum Gasteiger partial charge on any atom is 0.338 e. The summed E-state index contributed by atoms with van der Waals surface area (Å²) < 4.78 is 37.2. The van der Waals surface area contributed by atoms with E-state index < -0.39 is 34.4 Å². The minimum Gasteiger partial charge on any atom is -0.495 e. The summed E-state index contributed by atoms with van der Waals surface area (Å²) in [5, 5.41) is 0. The number of amides is 2. The maximum atomic E-state index is 13.0. The first-order valence-corrected chi connectivity index (χ1v) is 11.7. The van der Waals surface area contributed by atoms with Gasteiger partial charge in [-0.2, -0.15) is 0 Å². The Labute approximate surface area is 202 Å². The van der Waals surface area contributed by atoms with Crippen molar-refractivity contribution in [1.29, 1.82) is 0 Å². The highest BCUT2D eigenvalue weighted by molar-refractivity contribution is 7.92. The van der Waals surface area contributed by atoms with Crippen molar-refractivity contribution in [2.75, 3.05) is 25.1 Å². The van der Waals surface area contributed by atoms with Gasteiger partial charge < -0.3 is 9.47 Å². The summed E-state index contributed by atoms with van der Waals surface area (Å²) in [4.78, 5) is 36.0. The van der Waals surface area contributed by atoms with E-state index in [1.807, 2.05) is 0 Å². The zero-order valence-electron chi connectivity index (χ0n) is 18.9. The summed E-state index contributed by atoms with van der Waals surface area (Å²) in [5.41, 5.74) is 5.09. The molecule has 11 heteroatoms. The lowest BCUT2D eigenvalue weighted by Gasteiger charge is -2.21. The Morgan fingerprint density at radius 1 is 0.829 bits per heavy atom. The number of benzene rings is 3. The fraction of sp³-hybridized carbons (Fsp3) is 0.125. The van der Waals surface area contributed by atoms with Crippen molar-refractivity contribution in [2.24, 2.45) is 0 Å². The Morgan fingerprint density at radius 3 is 2.11 bits per heavy atom. The molecule has 0 fully saturated rings. The normalized spacial score (nSPS) is 10.7. The van der Waals surface area contributed by atoms with E-state index in [-0.39, 0.29) is 10.5 Å². The highest BCUT2D eigenvalue weighted by atomic mass is 32.2. The number of anilines is 1. The van der Waals surface area contributed by atoms with Crippen LogP contribution in [0.4, 0.5) is 5.69 Å². The summed E-state index contributed by atoms with van der Waals surface area (Å²) in [7, 11) is -1.10. The molecule has 0 aliphatic rings. The topological polar surface area (TPSA) is 131 Å². The second-order valence-corrected chi connectivity index (χ2v) is 9.08. The van der Waals surface area contributed by atoms with Gasteiger partial charge in [-0.3, -0.25) is 24.7 Å². The average Bonchev–Trinajstić information content (AvgIpc) is 2.90. The molecule has 0 aliphatic carbocycles. The van der Waals surface area contributed by atoms with E-state index in [9.17, 15) is 22.8 Å². The molecule has 0 unspecified atom stereocenters. The fourth-order valence-electron chi connectivity index (χ4n) is 2.98. The standard InChI is InChI=1S/C24H23N3O7S/c1-27(20-10-6-7-11-21(20)33-2)35(31,32)19-14-12-18(13-15-19)24(30)34-16-22(28)25-26-23(29)17-8-4-3-5-9-17/h3-15H,16H2,1-2H3,(H,25,28)(H,26,29). The molecule has 2 N–H and O–H groups in total. The summed E-state index contributed by atoms with van der Waals surface area (Å²) in [6, 6.07) is 20.0. The number of rotatable bonds is 8. The molecular weight excluding hydrogens is 474 g/mol. The quantitative estimate of drug-likeness (QED) is 0.360. The number of nitrogens with one attached hydrogen (secondary N) is 2. The lowest BCUT2D eigenvalue weighted by molar-refractivity contribution is -0.125. The summed E-state index contributed by atoms with van der Waals surface area (Å²) >= 11 is 0. The van der Waals surface area contributed by atoms with Crippen molar-refractivity contribution in [2.45, 2.75) is 4.90 Å². The van der Waals surface area contributed by atoms with Crippen LogP contribution in [0.15, 0.2) is 83.8 Å². The number of hydrogen-bond acceptors (Lipinski definition) is 7. The van der Waals surface area contributed by atoms with Crippen LogP contribution in [0, 0.1) is 0 Å². The van der Waals surface area contributed by atoms with Crippen LogP contribution >= 0.6 is 0 Å². The molecule has 0 atom stereocenters. The molecule has 3 aromatic rings. The molecule has 0 aliphatic heterocycles. The van der Waals surface area contributed by atoms with Gasteiger partial charge in [-0.15, -0.1) is 0 Å². The van der Waals surface area contributed by atoms with Crippen molar-refractivity contribution < 1.29 is 32.3 Å². The van der Waals surface area contributed by atoms with Gasteiger partial charge in [0.25, 0.3) is 21.8 Å². The number of carbonyl (C=O) groups excluding carboxylic acids is 3. The van der Waals surface area contributed by atoms with Gasteiger partial charge >= 0.3 is 5.97 Å². The molecule has 0 spiro atoms. The number of methoxy groups -OCH3 is 1. The zero-order valence-corrected chi connectivity index (χ0v) is 19.7. The van der Waals surface area contributed by atoms with Crippen molar-refractivity contribution in [3.63, 3.8) is 0 Å². The Balaban J connectivity index is 1.57. The van der Waals surface area contributed by atoms with E-state index >= 15 is 0 Å². The number of hydrazine groups is 1. The van der Waals surface area contributed by atoms with Crippen LogP contribution in [0.2, 0.25) is 0 Å². The molecule has 2 amide bonds. The monoisotopic (exact) mass is 497 g/mol. The van der Waals surface area contributed by atoms with E-state index in [1.165, 1.54) is 38.4 Å². The smallest absolute Gasteiger partial charge is 0.338 e. The van der Waals surface area contributed by atoms with Crippen LogP contribution < -0.4 is 19.9 Å². The SMILES string of the molecule is COc1ccccc1N(C)S(=O)(=O)c1ccc(C(=O)OCC(=O)NNC(=O)c2ccccc2)cc1. The molecule has 0 radical (unpaired) electrons. The highest BCUT2D eigenvalue weighted by Gasteiger charge is 2.24. The van der Waals surface area contributed by atoms with Gasteiger partial charge in [-0.1, -0.05) is 30.3 Å². The molecule has 3 rings (SSSR count). The first kappa shape index (κ1) is 25.2. The Kier molecular flexibility index (Phi) is 8.05. The number of ether oxygens (including phenoxy) is 2. The second kappa shape index (κ2) is 11.2. The molecule has 0 aromatic heterocycles. The molecule has 3 aromatic carbocycles. The summed E-state index contributed by atoms with van der Waals surface area (Å²) in [6.45, 7) is -0.648. The van der Waals surface area contributed by atoms with Crippen molar-refractivity contribution in [3.05, 3.63) is 90.0 Å². The van der Waals surface area contributed by atoms with Gasteiger partial charge in [-0.05, 0) is 48.5 Å². The number of para-hydroxylation sites is 2. The van der Waals surface area contributed by atoms with Gasteiger partial charge in [0.1, 0.15) is 5.75 Å². The van der Waals surface area contributed by atoms with Crippen LogP contribution in [-0.2, 0) is 19.6 Å². The van der Waals surface area contributed by atoms with E-state index in [4.69, 9.17) is 9.47 Å². The average molecular weight is 498 g/mol. The third-order valence-electron chi connectivity index (χ3n) is 4.86. The van der Waals surface area contributed by atoms with Gasteiger partial charge in [0, 0.05) is 12.6 Å². The number of carbonyl (C=O) groups is 3. The first-order chi connectivity index (χ1) is 16.7. The molecule has 182 valence electrons. The van der Waals surface area contributed by atoms with Gasteiger partial charge in [0.15, 0.2) is 6.61 Å². The van der Waals surface area contributed by atoms with Gasteiger partial charge in [0.2, 0.25) is 0 Å². The zero-order chi connectivity index (χ0) is 25.4. The molecule has 0 saturated carbocycles. The van der Waals surface area contributed by atoms with E-state index in [2.05, 4.69) is 10.9 Å². The summed E-state index contributed by atoms with van der Waals surface area (Å²) in [6.07, 6.45) is 0. The fourth-order valence-corrected chi connectivity index (χ4v) is 4.19.